The van der Waals surface area contributed by atoms with Crippen molar-refractivity contribution in [2.45, 2.75) is 58.4 Å². The average Bonchev–Trinajstić information content (AvgIpc) is 2.25. The predicted molar refractivity (Wildman–Crippen MR) is 72.8 cm³/mol. The van der Waals surface area contributed by atoms with Gasteiger partial charge < -0.3 is 5.32 Å². The van der Waals surface area contributed by atoms with Crippen molar-refractivity contribution in [2.24, 2.45) is 5.41 Å². The van der Waals surface area contributed by atoms with Crippen molar-refractivity contribution in [3.05, 3.63) is 24.8 Å². The van der Waals surface area contributed by atoms with Gasteiger partial charge >= 0.3 is 0 Å². The number of nitrogens with one attached hydrogen (secondary N) is 1. The van der Waals surface area contributed by atoms with Gasteiger partial charge in [0.25, 0.3) is 0 Å². The van der Waals surface area contributed by atoms with E-state index in [2.05, 4.69) is 11.9 Å². The molecule has 0 aromatic heterocycles. The number of rotatable bonds is 3. The molecule has 0 aromatic rings. The molecule has 2 nitrogen and oxygen atoms in total. The lowest BCUT2D eigenvalue weighted by atomic mass is 9.72. The first-order valence-corrected chi connectivity index (χ1v) is 6.52. The number of carbonyl (C=O) groups excluding carboxylic acids is 1. The maximum Gasteiger partial charge on any atom is 0.230 e. The van der Waals surface area contributed by atoms with Gasteiger partial charge in [0.2, 0.25) is 5.91 Å². The first-order chi connectivity index (χ1) is 7.90. The number of allylic oxidation sites excluding steroid dienone is 2. The molecule has 96 valence electrons. The molecule has 0 atom stereocenters. The summed E-state index contributed by atoms with van der Waals surface area (Å²) in [5, 5.41) is 3.11. The van der Waals surface area contributed by atoms with Crippen molar-refractivity contribution in [2.75, 3.05) is 0 Å². The Balaban J connectivity index is 2.85. The highest BCUT2D eigenvalue weighted by Crippen LogP contribution is 2.38. The Morgan fingerprint density at radius 1 is 1.24 bits per heavy atom. The van der Waals surface area contributed by atoms with Crippen molar-refractivity contribution in [1.82, 2.24) is 5.32 Å². The van der Waals surface area contributed by atoms with Crippen LogP contribution in [0.25, 0.3) is 0 Å². The van der Waals surface area contributed by atoms with E-state index in [1.54, 1.807) is 6.08 Å². The molecule has 0 saturated heterocycles. The summed E-state index contributed by atoms with van der Waals surface area (Å²) in [7, 11) is 0. The molecule has 0 heterocycles. The molecule has 0 unspecified atom stereocenters. The Morgan fingerprint density at radius 2 is 1.82 bits per heavy atom. The molecule has 1 saturated carbocycles. The molecule has 0 radical (unpaired) electrons. The smallest absolute Gasteiger partial charge is 0.230 e. The second-order valence-electron chi connectivity index (χ2n) is 6.02. The lowest BCUT2D eigenvalue weighted by Crippen LogP contribution is -2.49. The summed E-state index contributed by atoms with van der Waals surface area (Å²) in [4.78, 5) is 12.4. The maximum absolute atomic E-state index is 12.4. The number of hydrogen-bond donors (Lipinski definition) is 1. The molecule has 1 amide bonds. The zero-order chi connectivity index (χ0) is 12.9. The van der Waals surface area contributed by atoms with E-state index in [4.69, 9.17) is 0 Å². The van der Waals surface area contributed by atoms with E-state index in [0.717, 1.165) is 25.7 Å². The van der Waals surface area contributed by atoms with Crippen molar-refractivity contribution < 1.29 is 4.79 Å². The van der Waals surface area contributed by atoms with Gasteiger partial charge in [-0.25, -0.2) is 0 Å². The summed E-state index contributed by atoms with van der Waals surface area (Å²) in [5.74, 6) is 0.169. The average molecular weight is 235 g/mol. The van der Waals surface area contributed by atoms with Crippen LogP contribution in [0.15, 0.2) is 24.8 Å². The van der Waals surface area contributed by atoms with Crippen LogP contribution in [0.2, 0.25) is 0 Å². The summed E-state index contributed by atoms with van der Waals surface area (Å²) in [5.41, 5.74) is -0.469. The van der Waals surface area contributed by atoms with Gasteiger partial charge in [0.15, 0.2) is 0 Å². The maximum atomic E-state index is 12.4. The Bertz CT molecular complexity index is 303. The van der Waals surface area contributed by atoms with Gasteiger partial charge in [-0.05, 0) is 33.6 Å². The van der Waals surface area contributed by atoms with Gasteiger partial charge in [-0.2, -0.15) is 0 Å². The lowest BCUT2D eigenvalue weighted by Gasteiger charge is -2.36. The Kier molecular flexibility index (Phi) is 4.55. The van der Waals surface area contributed by atoms with E-state index in [1.807, 2.05) is 32.9 Å². The molecule has 1 N–H and O–H groups in total. The van der Waals surface area contributed by atoms with Gasteiger partial charge in [-0.15, -0.1) is 0 Å². The molecule has 1 aliphatic carbocycles. The fourth-order valence-electron chi connectivity index (χ4n) is 2.37. The SMILES string of the molecule is C=CC=CC1(C(=O)NC(C)(C)C)CCCCC1. The zero-order valence-electron chi connectivity index (χ0n) is 11.4. The minimum atomic E-state index is -0.306. The van der Waals surface area contributed by atoms with E-state index >= 15 is 0 Å². The van der Waals surface area contributed by atoms with Crippen LogP contribution < -0.4 is 5.32 Å². The molecule has 17 heavy (non-hydrogen) atoms. The molecule has 0 aliphatic heterocycles. The van der Waals surface area contributed by atoms with Crippen LogP contribution in [0, 0.1) is 5.41 Å². The van der Waals surface area contributed by atoms with E-state index in [9.17, 15) is 4.79 Å². The van der Waals surface area contributed by atoms with E-state index in [1.165, 1.54) is 6.42 Å². The Morgan fingerprint density at radius 3 is 2.29 bits per heavy atom. The second-order valence-corrected chi connectivity index (χ2v) is 6.02. The molecular formula is C15H25NO. The van der Waals surface area contributed by atoms with Crippen LogP contribution in [0.1, 0.15) is 52.9 Å². The van der Waals surface area contributed by atoms with Gasteiger partial charge in [-0.3, -0.25) is 4.79 Å². The highest BCUT2D eigenvalue weighted by molar-refractivity contribution is 5.85. The number of hydrogen-bond acceptors (Lipinski definition) is 1. The standard InChI is InChI=1S/C15H25NO/c1-5-6-10-15(11-8-7-9-12-15)13(17)16-14(2,3)4/h5-6,10H,1,7-9,11-12H2,2-4H3,(H,16,17). The third-order valence-corrected chi connectivity index (χ3v) is 3.24. The lowest BCUT2D eigenvalue weighted by molar-refractivity contribution is -0.131. The summed E-state index contributed by atoms with van der Waals surface area (Å²) >= 11 is 0. The highest BCUT2D eigenvalue weighted by atomic mass is 16.2. The molecule has 1 aliphatic rings. The van der Waals surface area contributed by atoms with Crippen LogP contribution in [0.3, 0.4) is 0 Å². The fraction of sp³-hybridized carbons (Fsp3) is 0.667. The number of amides is 1. The van der Waals surface area contributed by atoms with Crippen LogP contribution in [0.5, 0.6) is 0 Å². The molecule has 1 fully saturated rings. The van der Waals surface area contributed by atoms with E-state index < -0.39 is 0 Å². The minimum Gasteiger partial charge on any atom is -0.351 e. The number of carbonyl (C=O) groups is 1. The van der Waals surface area contributed by atoms with Crippen molar-refractivity contribution in [1.29, 1.82) is 0 Å². The zero-order valence-corrected chi connectivity index (χ0v) is 11.4. The predicted octanol–water partition coefficient (Wildman–Crippen LogP) is 3.59. The topological polar surface area (TPSA) is 29.1 Å². The summed E-state index contributed by atoms with van der Waals surface area (Å²) < 4.78 is 0. The Hall–Kier alpha value is -1.05. The molecule has 0 spiro atoms. The fourth-order valence-corrected chi connectivity index (χ4v) is 2.37. The summed E-state index contributed by atoms with van der Waals surface area (Å²) in [6, 6.07) is 0. The third kappa shape index (κ3) is 4.03. The highest BCUT2D eigenvalue weighted by Gasteiger charge is 2.38. The molecule has 0 aromatic carbocycles. The third-order valence-electron chi connectivity index (χ3n) is 3.24. The molecule has 2 heteroatoms. The first kappa shape index (κ1) is 14.0. The molecule has 0 bridgehead atoms. The quantitative estimate of drug-likeness (QED) is 0.744. The first-order valence-electron chi connectivity index (χ1n) is 6.52. The van der Waals surface area contributed by atoms with E-state index in [-0.39, 0.29) is 16.9 Å². The van der Waals surface area contributed by atoms with Crippen molar-refractivity contribution >= 4 is 5.91 Å². The molecule has 1 rings (SSSR count). The van der Waals surface area contributed by atoms with E-state index in [0.29, 0.717) is 0 Å². The van der Waals surface area contributed by atoms with Gasteiger partial charge in [0, 0.05) is 5.54 Å². The van der Waals surface area contributed by atoms with Crippen LogP contribution in [-0.4, -0.2) is 11.4 Å². The van der Waals surface area contributed by atoms with Crippen molar-refractivity contribution in [3.8, 4) is 0 Å². The minimum absolute atomic E-state index is 0.163. The largest absolute Gasteiger partial charge is 0.351 e. The van der Waals surface area contributed by atoms with Crippen molar-refractivity contribution in [3.63, 3.8) is 0 Å². The monoisotopic (exact) mass is 235 g/mol. The van der Waals surface area contributed by atoms with Crippen LogP contribution in [-0.2, 0) is 4.79 Å². The van der Waals surface area contributed by atoms with Gasteiger partial charge in [0.05, 0.1) is 5.41 Å². The normalized spacial score (nSPS) is 20.2. The second kappa shape index (κ2) is 5.52. The van der Waals surface area contributed by atoms with Crippen LogP contribution >= 0.6 is 0 Å². The Labute approximate surface area is 105 Å². The molecular weight excluding hydrogens is 210 g/mol. The van der Waals surface area contributed by atoms with Crippen LogP contribution in [0.4, 0.5) is 0 Å². The van der Waals surface area contributed by atoms with Gasteiger partial charge in [-0.1, -0.05) is 44.1 Å². The summed E-state index contributed by atoms with van der Waals surface area (Å²) in [6.07, 6.45) is 11.1. The summed E-state index contributed by atoms with van der Waals surface area (Å²) in [6.45, 7) is 9.77. The van der Waals surface area contributed by atoms with Gasteiger partial charge in [0.1, 0.15) is 0 Å².